The zero-order valence-corrected chi connectivity index (χ0v) is 15.5. The molecule has 1 amide bonds. The molecular formula is C20H21N5O3. The van der Waals surface area contributed by atoms with Crippen molar-refractivity contribution in [2.75, 3.05) is 23.3 Å². The SMILES string of the molecule is CC1CCN(c2ccc(C(=O)Nc3cccc(-c4noc(=O)[nH]4)c3)cn2)CC1. The first-order valence-corrected chi connectivity index (χ1v) is 9.27. The van der Waals surface area contributed by atoms with Gasteiger partial charge in [-0.25, -0.2) is 9.78 Å². The molecule has 3 aromatic rings. The third-order valence-corrected chi connectivity index (χ3v) is 4.95. The lowest BCUT2D eigenvalue weighted by atomic mass is 9.99. The molecule has 0 spiro atoms. The third-order valence-electron chi connectivity index (χ3n) is 4.95. The Kier molecular flexibility index (Phi) is 4.92. The molecular weight excluding hydrogens is 358 g/mol. The molecule has 1 fully saturated rings. The molecule has 1 saturated heterocycles. The van der Waals surface area contributed by atoms with Gasteiger partial charge in [-0.2, -0.15) is 0 Å². The number of pyridine rings is 1. The van der Waals surface area contributed by atoms with Crippen LogP contribution in [0.5, 0.6) is 0 Å². The number of amides is 1. The third kappa shape index (κ3) is 3.95. The molecule has 1 aliphatic rings. The Morgan fingerprint density at radius 1 is 1.25 bits per heavy atom. The van der Waals surface area contributed by atoms with Gasteiger partial charge in [0.05, 0.1) is 5.56 Å². The number of carbonyl (C=O) groups excluding carboxylic acids is 1. The highest BCUT2D eigenvalue weighted by Crippen LogP contribution is 2.22. The number of rotatable bonds is 4. The highest BCUT2D eigenvalue weighted by atomic mass is 16.5. The van der Waals surface area contributed by atoms with Crippen LogP contribution in [0, 0.1) is 5.92 Å². The number of hydrogen-bond acceptors (Lipinski definition) is 6. The summed E-state index contributed by atoms with van der Waals surface area (Å²) in [5.41, 5.74) is 1.70. The second-order valence-electron chi connectivity index (χ2n) is 7.05. The van der Waals surface area contributed by atoms with Crippen molar-refractivity contribution < 1.29 is 9.32 Å². The van der Waals surface area contributed by atoms with E-state index >= 15 is 0 Å². The number of nitrogens with one attached hydrogen (secondary N) is 2. The van der Waals surface area contributed by atoms with E-state index in [0.717, 1.165) is 37.7 Å². The maximum absolute atomic E-state index is 12.5. The molecule has 4 rings (SSSR count). The maximum Gasteiger partial charge on any atom is 0.439 e. The number of carbonyl (C=O) groups is 1. The number of benzene rings is 1. The summed E-state index contributed by atoms with van der Waals surface area (Å²) in [5.74, 6) is 1.09. The van der Waals surface area contributed by atoms with Crippen molar-refractivity contribution in [1.82, 2.24) is 15.1 Å². The first-order chi connectivity index (χ1) is 13.6. The number of nitrogens with zero attached hydrogens (tertiary/aromatic N) is 3. The van der Waals surface area contributed by atoms with E-state index in [1.165, 1.54) is 0 Å². The second-order valence-corrected chi connectivity index (χ2v) is 7.05. The molecule has 0 bridgehead atoms. The van der Waals surface area contributed by atoms with Gasteiger partial charge >= 0.3 is 5.76 Å². The predicted octanol–water partition coefficient (Wildman–Crippen LogP) is 2.91. The summed E-state index contributed by atoms with van der Waals surface area (Å²) in [7, 11) is 0. The molecule has 0 radical (unpaired) electrons. The Bertz CT molecular complexity index is 1020. The molecule has 0 atom stereocenters. The Morgan fingerprint density at radius 2 is 2.07 bits per heavy atom. The van der Waals surface area contributed by atoms with Crippen molar-refractivity contribution in [2.24, 2.45) is 5.92 Å². The zero-order chi connectivity index (χ0) is 19.5. The van der Waals surface area contributed by atoms with Gasteiger partial charge in [0, 0.05) is 30.5 Å². The van der Waals surface area contributed by atoms with Gasteiger partial charge in [-0.3, -0.25) is 14.3 Å². The average Bonchev–Trinajstić information content (AvgIpc) is 3.15. The van der Waals surface area contributed by atoms with E-state index in [-0.39, 0.29) is 5.91 Å². The number of H-pyrrole nitrogens is 1. The largest absolute Gasteiger partial charge is 0.439 e. The van der Waals surface area contributed by atoms with Crippen LogP contribution in [0.1, 0.15) is 30.1 Å². The lowest BCUT2D eigenvalue weighted by Gasteiger charge is -2.31. The van der Waals surface area contributed by atoms with Gasteiger partial charge in [-0.1, -0.05) is 24.2 Å². The molecule has 0 unspecified atom stereocenters. The van der Waals surface area contributed by atoms with Gasteiger partial charge in [0.25, 0.3) is 5.91 Å². The molecule has 8 nitrogen and oxygen atoms in total. The van der Waals surface area contributed by atoms with Gasteiger partial charge < -0.3 is 10.2 Å². The summed E-state index contributed by atoms with van der Waals surface area (Å²) in [5, 5.41) is 6.49. The van der Waals surface area contributed by atoms with Crippen LogP contribution in [0.15, 0.2) is 51.9 Å². The van der Waals surface area contributed by atoms with Gasteiger partial charge in [-0.15, -0.1) is 0 Å². The first kappa shape index (κ1) is 18.0. The van der Waals surface area contributed by atoms with Crippen molar-refractivity contribution in [3.63, 3.8) is 0 Å². The average molecular weight is 379 g/mol. The number of hydrogen-bond donors (Lipinski definition) is 2. The van der Waals surface area contributed by atoms with E-state index in [4.69, 9.17) is 0 Å². The monoisotopic (exact) mass is 379 g/mol. The maximum atomic E-state index is 12.5. The van der Waals surface area contributed by atoms with E-state index in [1.807, 2.05) is 6.07 Å². The Labute approximate surface area is 161 Å². The Balaban J connectivity index is 1.44. The fourth-order valence-corrected chi connectivity index (χ4v) is 3.25. The Hall–Kier alpha value is -3.42. The number of aromatic amines is 1. The van der Waals surface area contributed by atoms with Gasteiger partial charge in [0.2, 0.25) is 0 Å². The summed E-state index contributed by atoms with van der Waals surface area (Å²) in [6.07, 6.45) is 3.93. The minimum absolute atomic E-state index is 0.253. The van der Waals surface area contributed by atoms with Crippen LogP contribution in [0.2, 0.25) is 0 Å². The summed E-state index contributed by atoms with van der Waals surface area (Å²) in [4.78, 5) is 32.8. The molecule has 1 aliphatic heterocycles. The van der Waals surface area contributed by atoms with E-state index in [1.54, 1.807) is 36.5 Å². The van der Waals surface area contributed by atoms with E-state index in [0.29, 0.717) is 22.6 Å². The highest BCUT2D eigenvalue weighted by molar-refractivity contribution is 6.04. The quantitative estimate of drug-likeness (QED) is 0.722. The van der Waals surface area contributed by atoms with Crippen LogP contribution >= 0.6 is 0 Å². The summed E-state index contributed by atoms with van der Waals surface area (Å²) < 4.78 is 4.52. The molecule has 2 N–H and O–H groups in total. The minimum Gasteiger partial charge on any atom is -0.357 e. The van der Waals surface area contributed by atoms with E-state index in [9.17, 15) is 9.59 Å². The number of piperidine rings is 1. The molecule has 144 valence electrons. The van der Waals surface area contributed by atoms with Crippen molar-refractivity contribution in [3.05, 3.63) is 58.7 Å². The van der Waals surface area contributed by atoms with Crippen LogP contribution in [-0.4, -0.2) is 34.1 Å². The fraction of sp³-hybridized carbons (Fsp3) is 0.300. The molecule has 3 heterocycles. The normalized spacial score (nSPS) is 14.8. The predicted molar refractivity (Wildman–Crippen MR) is 105 cm³/mol. The lowest BCUT2D eigenvalue weighted by molar-refractivity contribution is 0.102. The Morgan fingerprint density at radius 3 is 2.75 bits per heavy atom. The summed E-state index contributed by atoms with van der Waals surface area (Å²) in [6.45, 7) is 4.26. The smallest absolute Gasteiger partial charge is 0.357 e. The van der Waals surface area contributed by atoms with Crippen molar-refractivity contribution >= 4 is 17.4 Å². The molecule has 0 aliphatic carbocycles. The van der Waals surface area contributed by atoms with Crippen LogP contribution in [0.4, 0.5) is 11.5 Å². The molecule has 1 aromatic carbocycles. The lowest BCUT2D eigenvalue weighted by Crippen LogP contribution is -2.33. The van der Waals surface area contributed by atoms with Crippen molar-refractivity contribution in [2.45, 2.75) is 19.8 Å². The van der Waals surface area contributed by atoms with Crippen LogP contribution in [-0.2, 0) is 0 Å². The van der Waals surface area contributed by atoms with Gasteiger partial charge in [0.15, 0.2) is 5.82 Å². The molecule has 2 aromatic heterocycles. The molecule has 28 heavy (non-hydrogen) atoms. The first-order valence-electron chi connectivity index (χ1n) is 9.27. The van der Waals surface area contributed by atoms with Crippen molar-refractivity contribution in [1.29, 1.82) is 0 Å². The minimum atomic E-state index is -0.626. The standard InChI is InChI=1S/C20H21N5O3/c1-13-7-9-25(10-8-13)17-6-5-15(12-21-17)19(26)22-16-4-2-3-14(11-16)18-23-20(27)28-24-18/h2-6,11-13H,7-10H2,1H3,(H,22,26)(H,23,24,27). The zero-order valence-electron chi connectivity index (χ0n) is 15.5. The van der Waals surface area contributed by atoms with Gasteiger partial charge in [0.1, 0.15) is 5.82 Å². The number of anilines is 2. The fourth-order valence-electron chi connectivity index (χ4n) is 3.25. The van der Waals surface area contributed by atoms with E-state index < -0.39 is 5.76 Å². The van der Waals surface area contributed by atoms with Crippen LogP contribution in [0.3, 0.4) is 0 Å². The van der Waals surface area contributed by atoms with Crippen LogP contribution in [0.25, 0.3) is 11.4 Å². The highest BCUT2D eigenvalue weighted by Gasteiger charge is 2.17. The van der Waals surface area contributed by atoms with E-state index in [2.05, 4.69) is 36.8 Å². The molecule has 0 saturated carbocycles. The topological polar surface area (TPSA) is 104 Å². The number of aromatic nitrogens is 3. The molecule has 8 heteroatoms. The van der Waals surface area contributed by atoms with Gasteiger partial charge in [-0.05, 0) is 43.0 Å². The van der Waals surface area contributed by atoms with Crippen LogP contribution < -0.4 is 16.0 Å². The van der Waals surface area contributed by atoms with Crippen molar-refractivity contribution in [3.8, 4) is 11.4 Å². The summed E-state index contributed by atoms with van der Waals surface area (Å²) in [6, 6.07) is 10.7. The summed E-state index contributed by atoms with van der Waals surface area (Å²) >= 11 is 0. The second kappa shape index (κ2) is 7.67.